The summed E-state index contributed by atoms with van der Waals surface area (Å²) in [4.78, 5) is 27.2. The molecule has 4 rings (SSSR count). The van der Waals surface area contributed by atoms with Crippen molar-refractivity contribution in [2.24, 2.45) is 0 Å². The highest BCUT2D eigenvalue weighted by atomic mass is 79.9. The summed E-state index contributed by atoms with van der Waals surface area (Å²) in [6.07, 6.45) is 3.43. The van der Waals surface area contributed by atoms with Gasteiger partial charge >= 0.3 is 0 Å². The highest BCUT2D eigenvalue weighted by Crippen LogP contribution is 2.36. The molecule has 3 aromatic rings. The Kier molecular flexibility index (Phi) is 2.77. The van der Waals surface area contributed by atoms with Gasteiger partial charge in [0.2, 0.25) is 0 Å². The Morgan fingerprint density at radius 2 is 1.91 bits per heavy atom. The summed E-state index contributed by atoms with van der Waals surface area (Å²) < 4.78 is 1.87. The lowest BCUT2D eigenvalue weighted by Crippen LogP contribution is -2.22. The number of aromatic amines is 1. The third kappa shape index (κ3) is 1.75. The number of carbonyl (C=O) groups excluding carboxylic acids is 2. The van der Waals surface area contributed by atoms with E-state index in [1.54, 1.807) is 23.1 Å². The number of H-pyrrole nitrogens is 1. The summed E-state index contributed by atoms with van der Waals surface area (Å²) in [5.41, 5.74) is 1.82. The van der Waals surface area contributed by atoms with Crippen LogP contribution in [0.2, 0.25) is 0 Å². The first-order valence-electron chi connectivity index (χ1n) is 6.53. The molecule has 0 saturated carbocycles. The summed E-state index contributed by atoms with van der Waals surface area (Å²) in [5.74, 6) is -0.213. The van der Waals surface area contributed by atoms with Crippen molar-refractivity contribution in [3.8, 4) is 5.82 Å². The van der Waals surface area contributed by atoms with Crippen LogP contribution in [0.4, 0.5) is 0 Å². The van der Waals surface area contributed by atoms with Crippen LogP contribution in [0.3, 0.4) is 0 Å². The van der Waals surface area contributed by atoms with Crippen molar-refractivity contribution in [3.05, 3.63) is 52.8 Å². The van der Waals surface area contributed by atoms with E-state index in [9.17, 15) is 9.59 Å². The third-order valence-electron chi connectivity index (χ3n) is 3.54. The van der Waals surface area contributed by atoms with Gasteiger partial charge in [0.25, 0.3) is 11.8 Å². The van der Waals surface area contributed by atoms with Gasteiger partial charge in [0.05, 0.1) is 10.1 Å². The molecule has 0 atom stereocenters. The highest BCUT2D eigenvalue weighted by Gasteiger charge is 2.33. The molecule has 1 aliphatic heterocycles. The number of carbonyl (C=O) groups is 2. The minimum absolute atomic E-state index is 0.232. The van der Waals surface area contributed by atoms with Crippen molar-refractivity contribution in [2.75, 3.05) is 0 Å². The zero-order chi connectivity index (χ0) is 15.3. The molecule has 0 radical (unpaired) electrons. The molecule has 0 unspecified atom stereocenters. The van der Waals surface area contributed by atoms with Gasteiger partial charge in [0.1, 0.15) is 5.82 Å². The standard InChI is InChI=1S/C15H9BrN4O2/c16-12-11(14(21)19-15(12)22)10-8-4-1-2-5-9(8)18-13(10)20-7-3-6-17-20/h1-7,18H,(H,19,21,22). The van der Waals surface area contributed by atoms with E-state index >= 15 is 0 Å². The number of fused-ring (bicyclic) bond motifs is 1. The first kappa shape index (κ1) is 13.0. The van der Waals surface area contributed by atoms with Gasteiger partial charge in [-0.3, -0.25) is 14.9 Å². The Morgan fingerprint density at radius 3 is 2.59 bits per heavy atom. The Labute approximate surface area is 132 Å². The lowest BCUT2D eigenvalue weighted by atomic mass is 10.0. The molecule has 1 aliphatic rings. The van der Waals surface area contributed by atoms with Crippen LogP contribution in [0.25, 0.3) is 22.3 Å². The van der Waals surface area contributed by atoms with E-state index in [1.807, 2.05) is 24.3 Å². The van der Waals surface area contributed by atoms with Crippen molar-refractivity contribution in [3.63, 3.8) is 0 Å². The molecular formula is C15H9BrN4O2. The quantitative estimate of drug-likeness (QED) is 0.690. The smallest absolute Gasteiger partial charge is 0.265 e. The molecule has 0 aliphatic carbocycles. The van der Waals surface area contributed by atoms with Gasteiger partial charge in [-0.15, -0.1) is 0 Å². The van der Waals surface area contributed by atoms with Crippen molar-refractivity contribution >= 4 is 44.2 Å². The van der Waals surface area contributed by atoms with Gasteiger partial charge in [-0.25, -0.2) is 4.68 Å². The summed E-state index contributed by atoms with van der Waals surface area (Å²) in [5, 5.41) is 7.37. The second-order valence-electron chi connectivity index (χ2n) is 4.82. The van der Waals surface area contributed by atoms with E-state index < -0.39 is 11.8 Å². The van der Waals surface area contributed by atoms with Crippen molar-refractivity contribution in [1.29, 1.82) is 0 Å². The van der Waals surface area contributed by atoms with Gasteiger partial charge in [-0.1, -0.05) is 18.2 Å². The molecule has 2 aromatic heterocycles. The second-order valence-corrected chi connectivity index (χ2v) is 5.61. The van der Waals surface area contributed by atoms with Gasteiger partial charge < -0.3 is 4.98 Å². The molecule has 2 amide bonds. The Balaban J connectivity index is 2.10. The van der Waals surface area contributed by atoms with Gasteiger partial charge in [0, 0.05) is 28.9 Å². The molecule has 0 spiro atoms. The summed E-state index contributed by atoms with van der Waals surface area (Å²) in [6.45, 7) is 0. The molecule has 108 valence electrons. The lowest BCUT2D eigenvalue weighted by molar-refractivity contribution is -0.123. The number of benzene rings is 1. The minimum atomic E-state index is -0.434. The fraction of sp³-hybridized carbons (Fsp3) is 0. The number of nitrogens with one attached hydrogen (secondary N) is 2. The van der Waals surface area contributed by atoms with Gasteiger partial charge in [-0.05, 0) is 28.1 Å². The first-order valence-corrected chi connectivity index (χ1v) is 7.32. The van der Waals surface area contributed by atoms with Crippen molar-refractivity contribution in [2.45, 2.75) is 0 Å². The number of hydrogen-bond donors (Lipinski definition) is 2. The van der Waals surface area contributed by atoms with Crippen LogP contribution in [0.5, 0.6) is 0 Å². The van der Waals surface area contributed by atoms with Crippen LogP contribution in [0.1, 0.15) is 5.56 Å². The normalized spacial score (nSPS) is 15.0. The number of halogens is 1. The number of aromatic nitrogens is 3. The molecule has 6 nitrogen and oxygen atoms in total. The summed E-state index contributed by atoms with van der Waals surface area (Å²) in [7, 11) is 0. The molecular weight excluding hydrogens is 348 g/mol. The zero-order valence-corrected chi connectivity index (χ0v) is 12.7. The van der Waals surface area contributed by atoms with Crippen LogP contribution in [-0.2, 0) is 9.59 Å². The lowest BCUT2D eigenvalue weighted by Gasteiger charge is -2.05. The number of imide groups is 1. The first-order chi connectivity index (χ1) is 10.7. The van der Waals surface area contributed by atoms with E-state index in [1.165, 1.54) is 0 Å². The SMILES string of the molecule is O=C1NC(=O)C(c2c(-n3cccn3)[nH]c3ccccc23)=C1Br. The van der Waals surface area contributed by atoms with E-state index in [0.29, 0.717) is 17.0 Å². The van der Waals surface area contributed by atoms with Crippen molar-refractivity contribution in [1.82, 2.24) is 20.1 Å². The molecule has 0 bridgehead atoms. The maximum atomic E-state index is 12.2. The molecule has 22 heavy (non-hydrogen) atoms. The van der Waals surface area contributed by atoms with Gasteiger partial charge in [-0.2, -0.15) is 5.10 Å². The van der Waals surface area contributed by atoms with E-state index in [0.717, 1.165) is 10.9 Å². The van der Waals surface area contributed by atoms with Crippen LogP contribution in [-0.4, -0.2) is 26.6 Å². The van der Waals surface area contributed by atoms with Crippen molar-refractivity contribution < 1.29 is 9.59 Å². The van der Waals surface area contributed by atoms with E-state index in [-0.39, 0.29) is 4.48 Å². The third-order valence-corrected chi connectivity index (χ3v) is 4.30. The predicted molar refractivity (Wildman–Crippen MR) is 84.4 cm³/mol. The molecule has 2 N–H and O–H groups in total. The zero-order valence-electron chi connectivity index (χ0n) is 11.1. The fourth-order valence-electron chi connectivity index (χ4n) is 2.61. The molecule has 0 fully saturated rings. The maximum Gasteiger partial charge on any atom is 0.265 e. The van der Waals surface area contributed by atoms with Crippen LogP contribution >= 0.6 is 15.9 Å². The Bertz CT molecular complexity index is 953. The predicted octanol–water partition coefficient (Wildman–Crippen LogP) is 2.12. The fourth-order valence-corrected chi connectivity index (χ4v) is 3.09. The van der Waals surface area contributed by atoms with Crippen LogP contribution in [0, 0.1) is 0 Å². The molecule has 0 saturated heterocycles. The average Bonchev–Trinajstić information content (AvgIpc) is 3.19. The minimum Gasteiger partial charge on any atom is -0.339 e. The van der Waals surface area contributed by atoms with Crippen LogP contribution < -0.4 is 5.32 Å². The number of amides is 2. The number of nitrogens with zero attached hydrogens (tertiary/aromatic N) is 2. The number of para-hydroxylation sites is 1. The average molecular weight is 357 g/mol. The largest absolute Gasteiger partial charge is 0.339 e. The molecule has 3 heterocycles. The maximum absolute atomic E-state index is 12.2. The van der Waals surface area contributed by atoms with E-state index in [4.69, 9.17) is 0 Å². The summed E-state index contributed by atoms with van der Waals surface area (Å²) in [6, 6.07) is 9.39. The number of rotatable bonds is 2. The Hall–Kier alpha value is -2.67. The highest BCUT2D eigenvalue weighted by molar-refractivity contribution is 9.12. The van der Waals surface area contributed by atoms with Crippen LogP contribution in [0.15, 0.2) is 47.2 Å². The molecule has 1 aromatic carbocycles. The van der Waals surface area contributed by atoms with Gasteiger partial charge in [0.15, 0.2) is 0 Å². The number of hydrogen-bond acceptors (Lipinski definition) is 3. The molecule has 7 heteroatoms. The monoisotopic (exact) mass is 356 g/mol. The van der Waals surface area contributed by atoms with E-state index in [2.05, 4.69) is 31.3 Å². The second kappa shape index (κ2) is 4.67. The topological polar surface area (TPSA) is 79.8 Å². The Morgan fingerprint density at radius 1 is 1.09 bits per heavy atom. The summed E-state index contributed by atoms with van der Waals surface area (Å²) >= 11 is 3.22.